The van der Waals surface area contributed by atoms with Crippen molar-refractivity contribution in [2.75, 3.05) is 19.7 Å². The van der Waals surface area contributed by atoms with Gasteiger partial charge in [-0.15, -0.1) is 0 Å². The van der Waals surface area contributed by atoms with Crippen LogP contribution in [0.4, 0.5) is 0 Å². The fourth-order valence-electron chi connectivity index (χ4n) is 4.39. The molecule has 4 heterocycles. The van der Waals surface area contributed by atoms with Gasteiger partial charge in [-0.2, -0.15) is 5.10 Å². The van der Waals surface area contributed by atoms with E-state index >= 15 is 0 Å². The Hall–Kier alpha value is -2.31. The lowest BCUT2D eigenvalue weighted by molar-refractivity contribution is 0.0501. The fraction of sp³-hybridized carbons (Fsp3) is 0.421. The lowest BCUT2D eigenvalue weighted by Crippen LogP contribution is -2.40. The van der Waals surface area contributed by atoms with Gasteiger partial charge >= 0.3 is 0 Å². The molecule has 1 atom stereocenters. The van der Waals surface area contributed by atoms with Crippen LogP contribution in [0.2, 0.25) is 0 Å². The van der Waals surface area contributed by atoms with Crippen LogP contribution in [0.15, 0.2) is 36.8 Å². The van der Waals surface area contributed by atoms with Crippen molar-refractivity contribution in [2.24, 2.45) is 7.05 Å². The van der Waals surface area contributed by atoms with Gasteiger partial charge in [0.25, 0.3) is 0 Å². The van der Waals surface area contributed by atoms with Crippen LogP contribution in [-0.4, -0.2) is 44.3 Å². The molecule has 1 spiro atoms. The first-order valence-corrected chi connectivity index (χ1v) is 8.75. The summed E-state index contributed by atoms with van der Waals surface area (Å²) in [6.45, 7) is 4.24. The van der Waals surface area contributed by atoms with E-state index in [0.717, 1.165) is 43.9 Å². The third-order valence-electron chi connectivity index (χ3n) is 5.57. The van der Waals surface area contributed by atoms with E-state index in [1.807, 2.05) is 17.9 Å². The summed E-state index contributed by atoms with van der Waals surface area (Å²) >= 11 is 0. The van der Waals surface area contributed by atoms with E-state index in [4.69, 9.17) is 9.84 Å². The second kappa shape index (κ2) is 5.61. The smallest absolute Gasteiger partial charge is 0.115 e. The highest BCUT2D eigenvalue weighted by molar-refractivity contribution is 5.81. The molecule has 1 saturated heterocycles. The maximum absolute atomic E-state index is 5.88. The van der Waals surface area contributed by atoms with Crippen LogP contribution < -0.4 is 0 Å². The monoisotopic (exact) mass is 335 g/mol. The molecule has 0 aliphatic carbocycles. The van der Waals surface area contributed by atoms with Crippen molar-refractivity contribution in [1.29, 1.82) is 0 Å². The van der Waals surface area contributed by atoms with Gasteiger partial charge in [0.15, 0.2) is 0 Å². The summed E-state index contributed by atoms with van der Waals surface area (Å²) < 4.78 is 7.86. The SMILES string of the molecule is Cn1nc(CN2CCC3(COCc4cncnc43)C2)c2ccccc21. The molecule has 0 saturated carbocycles. The van der Waals surface area contributed by atoms with Gasteiger partial charge in [0.1, 0.15) is 6.33 Å². The van der Waals surface area contributed by atoms with Gasteiger partial charge in [-0.05, 0) is 19.0 Å². The highest BCUT2D eigenvalue weighted by Crippen LogP contribution is 2.39. The summed E-state index contributed by atoms with van der Waals surface area (Å²) in [5, 5.41) is 5.99. The van der Waals surface area contributed by atoms with E-state index in [1.54, 1.807) is 6.33 Å². The number of rotatable bonds is 2. The number of aryl methyl sites for hydroxylation is 1. The zero-order chi connectivity index (χ0) is 16.9. The molecule has 1 aromatic carbocycles. The van der Waals surface area contributed by atoms with Gasteiger partial charge in [0.2, 0.25) is 0 Å². The van der Waals surface area contributed by atoms with Crippen LogP contribution in [0, 0.1) is 0 Å². The molecule has 0 amide bonds. The Morgan fingerprint density at radius 3 is 3.16 bits per heavy atom. The molecule has 1 unspecified atom stereocenters. The van der Waals surface area contributed by atoms with Crippen LogP contribution in [-0.2, 0) is 30.4 Å². The van der Waals surface area contributed by atoms with E-state index in [9.17, 15) is 0 Å². The Bertz CT molecular complexity index is 936. The quantitative estimate of drug-likeness (QED) is 0.717. The number of aromatic nitrogens is 4. The van der Waals surface area contributed by atoms with E-state index in [-0.39, 0.29) is 5.41 Å². The van der Waals surface area contributed by atoms with Crippen LogP contribution in [0.25, 0.3) is 10.9 Å². The molecule has 5 rings (SSSR count). The molecule has 0 N–H and O–H groups in total. The van der Waals surface area contributed by atoms with Crippen LogP contribution in [0.1, 0.15) is 23.4 Å². The molecular formula is C19H21N5O. The van der Waals surface area contributed by atoms with Gasteiger partial charge in [-0.3, -0.25) is 9.58 Å². The third kappa shape index (κ3) is 2.36. The number of fused-ring (bicyclic) bond motifs is 3. The molecule has 3 aromatic rings. The topological polar surface area (TPSA) is 56.1 Å². The van der Waals surface area contributed by atoms with Crippen molar-refractivity contribution in [3.05, 3.63) is 53.7 Å². The minimum atomic E-state index is 0.00110. The minimum Gasteiger partial charge on any atom is -0.376 e. The number of hydrogen-bond donors (Lipinski definition) is 0. The lowest BCUT2D eigenvalue weighted by Gasteiger charge is -2.34. The normalized spacial score (nSPS) is 23.4. The van der Waals surface area contributed by atoms with Crippen molar-refractivity contribution in [2.45, 2.75) is 25.0 Å². The molecule has 0 bridgehead atoms. The molecule has 2 aromatic heterocycles. The predicted molar refractivity (Wildman–Crippen MR) is 94.0 cm³/mol. The Labute approximate surface area is 146 Å². The number of ether oxygens (including phenoxy) is 1. The first-order chi connectivity index (χ1) is 12.3. The highest BCUT2D eigenvalue weighted by atomic mass is 16.5. The summed E-state index contributed by atoms with van der Waals surface area (Å²) in [6, 6.07) is 8.44. The highest BCUT2D eigenvalue weighted by Gasteiger charge is 2.44. The van der Waals surface area contributed by atoms with Gasteiger partial charge in [0, 0.05) is 37.3 Å². The van der Waals surface area contributed by atoms with Crippen LogP contribution in [0.5, 0.6) is 0 Å². The third-order valence-corrected chi connectivity index (χ3v) is 5.57. The zero-order valence-electron chi connectivity index (χ0n) is 14.4. The molecule has 1 fully saturated rings. The second-order valence-corrected chi connectivity index (χ2v) is 7.22. The Balaban J connectivity index is 1.43. The Kier molecular flexibility index (Phi) is 3.36. The van der Waals surface area contributed by atoms with Crippen LogP contribution in [0.3, 0.4) is 0 Å². The molecule has 6 nitrogen and oxygen atoms in total. The van der Waals surface area contributed by atoms with Crippen molar-refractivity contribution in [1.82, 2.24) is 24.6 Å². The number of hydrogen-bond acceptors (Lipinski definition) is 5. The molecular weight excluding hydrogens is 314 g/mol. The van der Waals surface area contributed by atoms with Crippen molar-refractivity contribution in [3.63, 3.8) is 0 Å². The molecule has 2 aliphatic rings. The number of benzene rings is 1. The van der Waals surface area contributed by atoms with Crippen molar-refractivity contribution in [3.8, 4) is 0 Å². The second-order valence-electron chi connectivity index (χ2n) is 7.22. The van der Waals surface area contributed by atoms with Crippen molar-refractivity contribution < 1.29 is 4.74 Å². The van der Waals surface area contributed by atoms with Crippen LogP contribution >= 0.6 is 0 Å². The van der Waals surface area contributed by atoms with E-state index in [0.29, 0.717) is 6.61 Å². The average molecular weight is 335 g/mol. The summed E-state index contributed by atoms with van der Waals surface area (Å²) in [6.07, 6.45) is 4.64. The number of nitrogens with zero attached hydrogens (tertiary/aromatic N) is 5. The first-order valence-electron chi connectivity index (χ1n) is 8.75. The molecule has 6 heteroatoms. The minimum absolute atomic E-state index is 0.00110. The summed E-state index contributed by atoms with van der Waals surface area (Å²) in [7, 11) is 2.01. The standard InChI is InChI=1S/C19H21N5O/c1-23-17-5-3-2-4-15(17)16(22-23)9-24-7-6-19(11-24)12-25-10-14-8-20-13-21-18(14)19/h2-5,8,13H,6-7,9-12H2,1H3. The summed E-state index contributed by atoms with van der Waals surface area (Å²) in [5.74, 6) is 0. The van der Waals surface area contributed by atoms with Gasteiger partial charge in [0.05, 0.1) is 35.5 Å². The summed E-state index contributed by atoms with van der Waals surface area (Å²) in [4.78, 5) is 11.3. The first kappa shape index (κ1) is 15.0. The average Bonchev–Trinajstić information content (AvgIpc) is 3.18. The van der Waals surface area contributed by atoms with E-state index in [2.05, 4.69) is 39.1 Å². The van der Waals surface area contributed by atoms with Crippen molar-refractivity contribution >= 4 is 10.9 Å². The predicted octanol–water partition coefficient (Wildman–Crippen LogP) is 2.04. The van der Waals surface area contributed by atoms with E-state index in [1.165, 1.54) is 16.6 Å². The lowest BCUT2D eigenvalue weighted by atomic mass is 9.81. The Morgan fingerprint density at radius 2 is 2.20 bits per heavy atom. The zero-order valence-corrected chi connectivity index (χ0v) is 14.4. The van der Waals surface area contributed by atoms with Gasteiger partial charge in [-0.1, -0.05) is 18.2 Å². The maximum atomic E-state index is 5.88. The fourth-order valence-corrected chi connectivity index (χ4v) is 4.39. The number of para-hydroxylation sites is 1. The van der Waals surface area contributed by atoms with Gasteiger partial charge < -0.3 is 4.74 Å². The molecule has 25 heavy (non-hydrogen) atoms. The van der Waals surface area contributed by atoms with Gasteiger partial charge in [-0.25, -0.2) is 9.97 Å². The maximum Gasteiger partial charge on any atom is 0.115 e. The van der Waals surface area contributed by atoms with E-state index < -0.39 is 0 Å². The largest absolute Gasteiger partial charge is 0.376 e. The Morgan fingerprint density at radius 1 is 1.28 bits per heavy atom. The molecule has 128 valence electrons. The number of likely N-dealkylation sites (tertiary alicyclic amines) is 1. The summed E-state index contributed by atoms with van der Waals surface area (Å²) in [5.41, 5.74) is 4.66. The molecule has 2 aliphatic heterocycles. The molecule has 0 radical (unpaired) electrons.